The van der Waals surface area contributed by atoms with Crippen LogP contribution in [0.3, 0.4) is 0 Å². The Kier molecular flexibility index (Phi) is 7.10. The van der Waals surface area contributed by atoms with E-state index in [-0.39, 0.29) is 17.3 Å². The van der Waals surface area contributed by atoms with E-state index in [1.165, 1.54) is 28.3 Å². The molecule has 8 nitrogen and oxygen atoms in total. The first-order valence-electron chi connectivity index (χ1n) is 8.89. The minimum atomic E-state index is -3.58. The first-order valence-corrected chi connectivity index (χ1v) is 10.3. The van der Waals surface area contributed by atoms with Gasteiger partial charge in [-0.05, 0) is 37.1 Å². The van der Waals surface area contributed by atoms with Gasteiger partial charge in [-0.3, -0.25) is 4.79 Å². The Labute approximate surface area is 171 Å². The van der Waals surface area contributed by atoms with Crippen LogP contribution in [0.5, 0.6) is 11.5 Å². The Morgan fingerprint density at radius 1 is 1.00 bits per heavy atom. The lowest BCUT2D eigenvalue weighted by molar-refractivity contribution is -0.114. The number of benzene rings is 2. The summed E-state index contributed by atoms with van der Waals surface area (Å²) in [5.74, 6) is 0.819. The SMILES string of the molecule is COc1cc(NC(=O)CNc2cc(S(=O)(=O)N(C)C)cc(C)c2C)cc(OC)c1. The van der Waals surface area contributed by atoms with Gasteiger partial charge in [-0.25, -0.2) is 12.7 Å². The predicted octanol–water partition coefficient (Wildman–Crippen LogP) is 2.62. The van der Waals surface area contributed by atoms with E-state index < -0.39 is 10.0 Å². The molecule has 1 amide bonds. The van der Waals surface area contributed by atoms with Gasteiger partial charge in [0.1, 0.15) is 11.5 Å². The topological polar surface area (TPSA) is 97.0 Å². The van der Waals surface area contributed by atoms with Crippen LogP contribution < -0.4 is 20.1 Å². The number of carbonyl (C=O) groups is 1. The van der Waals surface area contributed by atoms with Gasteiger partial charge in [0, 0.05) is 43.7 Å². The maximum Gasteiger partial charge on any atom is 0.243 e. The summed E-state index contributed by atoms with van der Waals surface area (Å²) in [4.78, 5) is 12.6. The van der Waals surface area contributed by atoms with Crippen molar-refractivity contribution < 1.29 is 22.7 Å². The van der Waals surface area contributed by atoms with Crippen molar-refractivity contribution in [3.8, 4) is 11.5 Å². The first-order chi connectivity index (χ1) is 13.6. The number of ether oxygens (including phenoxy) is 2. The summed E-state index contributed by atoms with van der Waals surface area (Å²) in [6.45, 7) is 3.66. The molecular formula is C20H27N3O5S. The Morgan fingerprint density at radius 2 is 1.59 bits per heavy atom. The fraction of sp³-hybridized carbons (Fsp3) is 0.350. The zero-order valence-electron chi connectivity index (χ0n) is 17.5. The molecule has 0 unspecified atom stereocenters. The van der Waals surface area contributed by atoms with Gasteiger partial charge in [-0.1, -0.05) is 0 Å². The van der Waals surface area contributed by atoms with Crippen molar-refractivity contribution >= 4 is 27.3 Å². The third-order valence-electron chi connectivity index (χ3n) is 4.49. The molecule has 2 aromatic rings. The number of carbonyl (C=O) groups excluding carboxylic acids is 1. The highest BCUT2D eigenvalue weighted by Gasteiger charge is 2.19. The molecule has 0 bridgehead atoms. The highest BCUT2D eigenvalue weighted by molar-refractivity contribution is 7.89. The highest BCUT2D eigenvalue weighted by Crippen LogP contribution is 2.27. The Bertz CT molecular complexity index is 981. The molecule has 0 heterocycles. The molecule has 29 heavy (non-hydrogen) atoms. The summed E-state index contributed by atoms with van der Waals surface area (Å²) >= 11 is 0. The number of anilines is 2. The molecule has 0 saturated heterocycles. The van der Waals surface area contributed by atoms with Crippen LogP contribution in [0.2, 0.25) is 0 Å². The van der Waals surface area contributed by atoms with Gasteiger partial charge in [0.15, 0.2) is 0 Å². The van der Waals surface area contributed by atoms with Crippen LogP contribution in [0.4, 0.5) is 11.4 Å². The second-order valence-electron chi connectivity index (χ2n) is 6.70. The highest BCUT2D eigenvalue weighted by atomic mass is 32.2. The molecule has 0 spiro atoms. The maximum atomic E-state index is 12.4. The lowest BCUT2D eigenvalue weighted by atomic mass is 10.1. The van der Waals surface area contributed by atoms with Gasteiger partial charge >= 0.3 is 0 Å². The van der Waals surface area contributed by atoms with Crippen LogP contribution in [0.1, 0.15) is 11.1 Å². The van der Waals surface area contributed by atoms with Crippen LogP contribution in [0.15, 0.2) is 35.2 Å². The number of nitrogens with zero attached hydrogens (tertiary/aromatic N) is 1. The number of hydrogen-bond donors (Lipinski definition) is 2. The van der Waals surface area contributed by atoms with Crippen molar-refractivity contribution in [1.82, 2.24) is 4.31 Å². The van der Waals surface area contributed by atoms with Crippen molar-refractivity contribution in [2.45, 2.75) is 18.7 Å². The van der Waals surface area contributed by atoms with Crippen molar-refractivity contribution in [2.75, 3.05) is 45.5 Å². The van der Waals surface area contributed by atoms with Crippen LogP contribution in [-0.2, 0) is 14.8 Å². The van der Waals surface area contributed by atoms with Crippen LogP contribution in [-0.4, -0.2) is 53.5 Å². The fourth-order valence-corrected chi connectivity index (χ4v) is 3.64. The van der Waals surface area contributed by atoms with Crippen molar-refractivity contribution in [3.63, 3.8) is 0 Å². The molecule has 2 N–H and O–H groups in total. The van der Waals surface area contributed by atoms with E-state index in [1.807, 2.05) is 13.8 Å². The second kappa shape index (κ2) is 9.15. The molecule has 0 aromatic heterocycles. The van der Waals surface area contributed by atoms with Gasteiger partial charge in [0.2, 0.25) is 15.9 Å². The monoisotopic (exact) mass is 421 g/mol. The summed E-state index contributed by atoms with van der Waals surface area (Å²) < 4.78 is 36.4. The van der Waals surface area contributed by atoms with Crippen molar-refractivity contribution in [3.05, 3.63) is 41.5 Å². The Hall–Kier alpha value is -2.78. The zero-order chi connectivity index (χ0) is 21.8. The molecule has 0 saturated carbocycles. The normalized spacial score (nSPS) is 11.3. The smallest absolute Gasteiger partial charge is 0.243 e. The van der Waals surface area contributed by atoms with E-state index in [9.17, 15) is 13.2 Å². The molecule has 0 fully saturated rings. The van der Waals surface area contributed by atoms with Gasteiger partial charge in [-0.15, -0.1) is 0 Å². The standard InChI is InChI=1S/C20H27N3O5S/c1-13-7-18(29(25,26)23(3)4)11-19(14(13)2)21-12-20(24)22-15-8-16(27-5)10-17(9-15)28-6/h7-11,21H,12H2,1-6H3,(H,22,24). The van der Waals surface area contributed by atoms with Crippen LogP contribution in [0, 0.1) is 13.8 Å². The number of hydrogen-bond acceptors (Lipinski definition) is 6. The van der Waals surface area contributed by atoms with Gasteiger partial charge < -0.3 is 20.1 Å². The van der Waals surface area contributed by atoms with Gasteiger partial charge in [0.25, 0.3) is 0 Å². The zero-order valence-corrected chi connectivity index (χ0v) is 18.3. The quantitative estimate of drug-likeness (QED) is 0.680. The molecule has 0 radical (unpaired) electrons. The molecule has 2 aromatic carbocycles. The largest absolute Gasteiger partial charge is 0.497 e. The summed E-state index contributed by atoms with van der Waals surface area (Å²) in [7, 11) is 2.44. The average molecular weight is 422 g/mol. The van der Waals surface area contributed by atoms with Crippen molar-refractivity contribution in [2.24, 2.45) is 0 Å². The summed E-state index contributed by atoms with van der Waals surface area (Å²) in [6, 6.07) is 8.23. The molecule has 0 aliphatic rings. The minimum absolute atomic E-state index is 0.0364. The Morgan fingerprint density at radius 3 is 2.10 bits per heavy atom. The summed E-state index contributed by atoms with van der Waals surface area (Å²) in [5, 5.41) is 5.80. The Balaban J connectivity index is 2.17. The van der Waals surface area contributed by atoms with Crippen LogP contribution >= 0.6 is 0 Å². The molecule has 2 rings (SSSR count). The number of methoxy groups -OCH3 is 2. The van der Waals surface area contributed by atoms with E-state index >= 15 is 0 Å². The molecule has 0 aliphatic heterocycles. The number of sulfonamides is 1. The second-order valence-corrected chi connectivity index (χ2v) is 8.86. The molecular weight excluding hydrogens is 394 g/mol. The van der Waals surface area contributed by atoms with E-state index in [0.29, 0.717) is 22.9 Å². The van der Waals surface area contributed by atoms with E-state index in [4.69, 9.17) is 9.47 Å². The number of aryl methyl sites for hydroxylation is 1. The maximum absolute atomic E-state index is 12.4. The molecule has 0 atom stereocenters. The van der Waals surface area contributed by atoms with E-state index in [1.54, 1.807) is 30.3 Å². The summed E-state index contributed by atoms with van der Waals surface area (Å²) in [5.41, 5.74) is 2.81. The molecule has 0 aliphatic carbocycles. The van der Waals surface area contributed by atoms with Gasteiger partial charge in [-0.2, -0.15) is 0 Å². The average Bonchev–Trinajstić information content (AvgIpc) is 2.68. The molecule has 158 valence electrons. The lowest BCUT2D eigenvalue weighted by Crippen LogP contribution is -2.24. The number of rotatable bonds is 8. The van der Waals surface area contributed by atoms with Crippen molar-refractivity contribution in [1.29, 1.82) is 0 Å². The lowest BCUT2D eigenvalue weighted by Gasteiger charge is -2.17. The number of amides is 1. The molecule has 9 heteroatoms. The first kappa shape index (κ1) is 22.5. The number of nitrogens with one attached hydrogen (secondary N) is 2. The third-order valence-corrected chi connectivity index (χ3v) is 6.29. The summed E-state index contributed by atoms with van der Waals surface area (Å²) in [6.07, 6.45) is 0. The minimum Gasteiger partial charge on any atom is -0.497 e. The van der Waals surface area contributed by atoms with Crippen LogP contribution in [0.25, 0.3) is 0 Å². The van der Waals surface area contributed by atoms with E-state index in [2.05, 4.69) is 10.6 Å². The third kappa shape index (κ3) is 5.39. The van der Waals surface area contributed by atoms with E-state index in [0.717, 1.165) is 15.4 Å². The fourth-order valence-electron chi connectivity index (χ4n) is 2.63. The van der Waals surface area contributed by atoms with Gasteiger partial charge in [0.05, 0.1) is 25.7 Å². The predicted molar refractivity (Wildman–Crippen MR) is 113 cm³/mol.